The summed E-state index contributed by atoms with van der Waals surface area (Å²) >= 11 is 0. The van der Waals surface area contributed by atoms with Gasteiger partial charge in [0.15, 0.2) is 0 Å². The van der Waals surface area contributed by atoms with Crippen molar-refractivity contribution in [1.82, 2.24) is 0 Å². The zero-order valence-corrected chi connectivity index (χ0v) is 10.9. The van der Waals surface area contributed by atoms with Gasteiger partial charge in [0, 0.05) is 13.1 Å². The molecule has 0 aliphatic rings. The van der Waals surface area contributed by atoms with Gasteiger partial charge in [-0.2, -0.15) is 0 Å². The van der Waals surface area contributed by atoms with Gasteiger partial charge in [0.25, 0.3) is 0 Å². The van der Waals surface area contributed by atoms with E-state index in [1.54, 1.807) is 0 Å². The highest BCUT2D eigenvalue weighted by atomic mass is 16.4. The lowest BCUT2D eigenvalue weighted by Gasteiger charge is -2.26. The number of hydrogen-bond acceptors (Lipinski definition) is 2. The molecule has 0 atom stereocenters. The number of carboxylic acid groups (broad SMARTS) is 1. The van der Waals surface area contributed by atoms with Crippen LogP contribution in [0.4, 0.5) is 5.69 Å². The van der Waals surface area contributed by atoms with Crippen LogP contribution in [-0.2, 0) is 0 Å². The van der Waals surface area contributed by atoms with Gasteiger partial charge in [-0.25, -0.2) is 4.79 Å². The maximum absolute atomic E-state index is 11.3. The molecule has 0 bridgehead atoms. The highest BCUT2D eigenvalue weighted by Gasteiger charge is 2.16. The zero-order valence-electron chi connectivity index (χ0n) is 10.9. The molecule has 0 aliphatic carbocycles. The summed E-state index contributed by atoms with van der Waals surface area (Å²) in [5.41, 5.74) is 2.11. The van der Waals surface area contributed by atoms with Crippen LogP contribution in [0.15, 0.2) is 18.2 Å². The van der Waals surface area contributed by atoms with Gasteiger partial charge in [-0.1, -0.05) is 26.0 Å². The van der Waals surface area contributed by atoms with Crippen LogP contribution in [0.2, 0.25) is 0 Å². The Morgan fingerprint density at radius 3 is 2.29 bits per heavy atom. The Kier molecular flexibility index (Phi) is 5.01. The van der Waals surface area contributed by atoms with Crippen molar-refractivity contribution in [3.63, 3.8) is 0 Å². The first kappa shape index (κ1) is 13.6. The maximum Gasteiger partial charge on any atom is 0.338 e. The summed E-state index contributed by atoms with van der Waals surface area (Å²) in [4.78, 5) is 13.5. The highest BCUT2D eigenvalue weighted by molar-refractivity contribution is 5.96. The number of carboxylic acids is 1. The molecule has 0 fully saturated rings. The van der Waals surface area contributed by atoms with E-state index in [0.717, 1.165) is 37.2 Å². The number of anilines is 1. The van der Waals surface area contributed by atoms with Crippen molar-refractivity contribution in [2.24, 2.45) is 0 Å². The number of carbonyl (C=O) groups is 1. The predicted molar refractivity (Wildman–Crippen MR) is 70.9 cm³/mol. The summed E-state index contributed by atoms with van der Waals surface area (Å²) < 4.78 is 0. The molecular weight excluding hydrogens is 214 g/mol. The molecule has 17 heavy (non-hydrogen) atoms. The minimum Gasteiger partial charge on any atom is -0.478 e. The van der Waals surface area contributed by atoms with Crippen LogP contribution in [0.3, 0.4) is 0 Å². The fourth-order valence-electron chi connectivity index (χ4n) is 2.09. The SMILES string of the molecule is CCCN(CCC)c1cccc(C)c1C(=O)O. The van der Waals surface area contributed by atoms with E-state index < -0.39 is 5.97 Å². The Bertz CT molecular complexity index is 382. The van der Waals surface area contributed by atoms with E-state index in [1.807, 2.05) is 25.1 Å². The van der Waals surface area contributed by atoms with Crippen molar-refractivity contribution in [2.45, 2.75) is 33.6 Å². The van der Waals surface area contributed by atoms with E-state index >= 15 is 0 Å². The van der Waals surface area contributed by atoms with Crippen molar-refractivity contribution < 1.29 is 9.90 Å². The first-order valence-corrected chi connectivity index (χ1v) is 6.19. The Morgan fingerprint density at radius 1 is 1.24 bits per heavy atom. The third-order valence-corrected chi connectivity index (χ3v) is 2.79. The molecule has 0 heterocycles. The minimum absolute atomic E-state index is 0.439. The van der Waals surface area contributed by atoms with Gasteiger partial charge in [0.1, 0.15) is 0 Å². The molecule has 1 aromatic carbocycles. The molecule has 0 amide bonds. The summed E-state index contributed by atoms with van der Waals surface area (Å²) in [6, 6.07) is 5.68. The largest absolute Gasteiger partial charge is 0.478 e. The zero-order chi connectivity index (χ0) is 12.8. The van der Waals surface area contributed by atoms with Crippen molar-refractivity contribution in [2.75, 3.05) is 18.0 Å². The number of hydrogen-bond donors (Lipinski definition) is 1. The lowest BCUT2D eigenvalue weighted by atomic mass is 10.1. The molecule has 0 saturated heterocycles. The Labute approximate surface area is 103 Å². The third kappa shape index (κ3) is 3.22. The quantitative estimate of drug-likeness (QED) is 0.822. The normalized spacial score (nSPS) is 10.3. The molecule has 1 rings (SSSR count). The fraction of sp³-hybridized carbons (Fsp3) is 0.500. The van der Waals surface area contributed by atoms with Gasteiger partial charge in [-0.3, -0.25) is 0 Å². The standard InChI is InChI=1S/C14H21NO2/c1-4-9-15(10-5-2)12-8-6-7-11(3)13(12)14(16)17/h6-8H,4-5,9-10H2,1-3H3,(H,16,17). The second-order valence-corrected chi connectivity index (χ2v) is 4.26. The monoisotopic (exact) mass is 235 g/mol. The first-order valence-electron chi connectivity index (χ1n) is 6.19. The second kappa shape index (κ2) is 6.28. The van der Waals surface area contributed by atoms with Crippen LogP contribution in [0.25, 0.3) is 0 Å². The second-order valence-electron chi connectivity index (χ2n) is 4.26. The summed E-state index contributed by atoms with van der Waals surface area (Å²) in [7, 11) is 0. The highest BCUT2D eigenvalue weighted by Crippen LogP contribution is 2.24. The van der Waals surface area contributed by atoms with Crippen LogP contribution in [0, 0.1) is 6.92 Å². The number of nitrogens with zero attached hydrogens (tertiary/aromatic N) is 1. The molecule has 0 radical (unpaired) electrons. The molecule has 94 valence electrons. The lowest BCUT2D eigenvalue weighted by molar-refractivity contribution is 0.0696. The molecule has 0 aromatic heterocycles. The van der Waals surface area contributed by atoms with E-state index in [9.17, 15) is 9.90 Å². The van der Waals surface area contributed by atoms with Crippen LogP contribution in [0.5, 0.6) is 0 Å². The van der Waals surface area contributed by atoms with E-state index in [-0.39, 0.29) is 0 Å². The summed E-state index contributed by atoms with van der Waals surface area (Å²) in [5.74, 6) is -0.838. The minimum atomic E-state index is -0.838. The van der Waals surface area contributed by atoms with Gasteiger partial charge in [0.05, 0.1) is 11.3 Å². The van der Waals surface area contributed by atoms with Crippen LogP contribution in [-0.4, -0.2) is 24.2 Å². The first-order chi connectivity index (χ1) is 8.11. The Hall–Kier alpha value is -1.51. The van der Waals surface area contributed by atoms with Crippen molar-refractivity contribution in [3.8, 4) is 0 Å². The van der Waals surface area contributed by atoms with E-state index in [0.29, 0.717) is 5.56 Å². The van der Waals surface area contributed by atoms with Crippen LogP contribution in [0.1, 0.15) is 42.6 Å². The van der Waals surface area contributed by atoms with Gasteiger partial charge in [0.2, 0.25) is 0 Å². The molecule has 3 heteroatoms. The van der Waals surface area contributed by atoms with Gasteiger partial charge in [-0.05, 0) is 31.4 Å². The topological polar surface area (TPSA) is 40.5 Å². The molecule has 1 N–H and O–H groups in total. The molecular formula is C14H21NO2. The van der Waals surface area contributed by atoms with Gasteiger partial charge >= 0.3 is 5.97 Å². The number of benzene rings is 1. The third-order valence-electron chi connectivity index (χ3n) is 2.79. The summed E-state index contributed by atoms with van der Waals surface area (Å²) in [5, 5.41) is 9.31. The van der Waals surface area contributed by atoms with E-state index in [4.69, 9.17) is 0 Å². The maximum atomic E-state index is 11.3. The molecule has 0 saturated carbocycles. The van der Waals surface area contributed by atoms with Gasteiger partial charge < -0.3 is 10.0 Å². The summed E-state index contributed by atoms with van der Waals surface area (Å²) in [6.45, 7) is 7.87. The molecule has 3 nitrogen and oxygen atoms in total. The number of aryl methyl sites for hydroxylation is 1. The Morgan fingerprint density at radius 2 is 1.82 bits per heavy atom. The van der Waals surface area contributed by atoms with Gasteiger partial charge in [-0.15, -0.1) is 0 Å². The molecule has 1 aromatic rings. The molecule has 0 spiro atoms. The van der Waals surface area contributed by atoms with Crippen LogP contribution < -0.4 is 4.90 Å². The Balaban J connectivity index is 3.17. The fourth-order valence-corrected chi connectivity index (χ4v) is 2.09. The number of aromatic carboxylic acids is 1. The average molecular weight is 235 g/mol. The predicted octanol–water partition coefficient (Wildman–Crippen LogP) is 3.32. The average Bonchev–Trinajstić information content (AvgIpc) is 2.28. The van der Waals surface area contributed by atoms with Crippen LogP contribution >= 0.6 is 0 Å². The van der Waals surface area contributed by atoms with Crippen molar-refractivity contribution in [1.29, 1.82) is 0 Å². The van der Waals surface area contributed by atoms with E-state index in [1.165, 1.54) is 0 Å². The molecule has 0 aliphatic heterocycles. The summed E-state index contributed by atoms with van der Waals surface area (Å²) in [6.07, 6.45) is 2.04. The van der Waals surface area contributed by atoms with E-state index in [2.05, 4.69) is 18.7 Å². The van der Waals surface area contributed by atoms with Crippen molar-refractivity contribution >= 4 is 11.7 Å². The number of rotatable bonds is 6. The smallest absolute Gasteiger partial charge is 0.338 e. The van der Waals surface area contributed by atoms with Crippen molar-refractivity contribution in [3.05, 3.63) is 29.3 Å². The lowest BCUT2D eigenvalue weighted by Crippen LogP contribution is -2.27. The molecule has 0 unspecified atom stereocenters.